The lowest BCUT2D eigenvalue weighted by molar-refractivity contribution is -0.121. The van der Waals surface area contributed by atoms with Gasteiger partial charge >= 0.3 is 7.12 Å². The lowest BCUT2D eigenvalue weighted by Gasteiger charge is -2.32. The first-order valence-corrected chi connectivity index (χ1v) is 6.52. The Balaban J connectivity index is 2.82. The van der Waals surface area contributed by atoms with E-state index >= 15 is 0 Å². The molecule has 19 heavy (non-hydrogen) atoms. The fraction of sp³-hybridized carbons (Fsp3) is 0.833. The minimum atomic E-state index is -0.673. The Hall–Kier alpha value is -1.08. The van der Waals surface area contributed by atoms with Gasteiger partial charge in [-0.25, -0.2) is 0 Å². The number of amides is 2. The molecule has 0 bridgehead atoms. The number of carbonyl (C=O) groups is 2. The van der Waals surface area contributed by atoms with Crippen molar-refractivity contribution in [1.29, 1.82) is 0 Å². The zero-order valence-electron chi connectivity index (χ0n) is 12.3. The van der Waals surface area contributed by atoms with Gasteiger partial charge < -0.3 is 20.4 Å². The molecular weight excluding hydrogens is 247 g/mol. The van der Waals surface area contributed by atoms with Crippen LogP contribution >= 0.6 is 0 Å². The van der Waals surface area contributed by atoms with E-state index in [1.165, 1.54) is 0 Å². The van der Waals surface area contributed by atoms with Crippen molar-refractivity contribution >= 4 is 18.9 Å². The number of nitrogens with two attached hydrogens (primary N) is 1. The first-order valence-electron chi connectivity index (χ1n) is 6.52. The van der Waals surface area contributed by atoms with E-state index in [9.17, 15) is 9.59 Å². The second kappa shape index (κ2) is 5.50. The summed E-state index contributed by atoms with van der Waals surface area (Å²) in [4.78, 5) is 22.6. The summed E-state index contributed by atoms with van der Waals surface area (Å²) in [5.41, 5.74) is 4.19. The second-order valence-electron chi connectivity index (χ2n) is 5.82. The van der Waals surface area contributed by atoms with Gasteiger partial charge in [0.1, 0.15) is 0 Å². The molecule has 7 heteroatoms. The monoisotopic (exact) mass is 270 g/mol. The van der Waals surface area contributed by atoms with Gasteiger partial charge in [-0.2, -0.15) is 0 Å². The number of rotatable bonds is 5. The molecule has 1 heterocycles. The number of hydrogen-bond acceptors (Lipinski definition) is 4. The summed E-state index contributed by atoms with van der Waals surface area (Å²) in [5.74, 6) is -1.23. The van der Waals surface area contributed by atoms with Gasteiger partial charge in [-0.05, 0) is 27.7 Å². The van der Waals surface area contributed by atoms with Gasteiger partial charge in [-0.15, -0.1) is 0 Å². The van der Waals surface area contributed by atoms with Gasteiger partial charge in [0, 0.05) is 12.8 Å². The lowest BCUT2D eigenvalue weighted by Crippen LogP contribution is -2.49. The third kappa shape index (κ3) is 3.70. The molecule has 3 N–H and O–H groups in total. The summed E-state index contributed by atoms with van der Waals surface area (Å²) in [6, 6.07) is 0. The number of primary amides is 1. The van der Waals surface area contributed by atoms with Crippen molar-refractivity contribution in [3.63, 3.8) is 0 Å². The highest BCUT2D eigenvalue weighted by Gasteiger charge is 2.54. The molecule has 1 aliphatic rings. The first kappa shape index (κ1) is 16.0. The molecule has 0 aromatic heterocycles. The van der Waals surface area contributed by atoms with Gasteiger partial charge in [-0.3, -0.25) is 9.59 Å². The van der Waals surface area contributed by atoms with Gasteiger partial charge in [0.2, 0.25) is 11.8 Å². The molecule has 0 spiro atoms. The van der Waals surface area contributed by atoms with Crippen molar-refractivity contribution < 1.29 is 18.9 Å². The predicted octanol–water partition coefficient (Wildman–Crippen LogP) is 0.388. The van der Waals surface area contributed by atoms with Crippen molar-refractivity contribution in [2.75, 3.05) is 0 Å². The highest BCUT2D eigenvalue weighted by molar-refractivity contribution is 6.48. The summed E-state index contributed by atoms with van der Waals surface area (Å²) >= 11 is 0. The molecule has 0 unspecified atom stereocenters. The lowest BCUT2D eigenvalue weighted by atomic mass is 9.76. The highest BCUT2D eigenvalue weighted by atomic mass is 16.7. The Morgan fingerprint density at radius 1 is 1.21 bits per heavy atom. The standard InChI is InChI=1S/C12H23BN2O4/c1-6-10(17)15-8(7-9(14)16)13-18-11(2,3)12(4,5)19-13/h8H,6-7H2,1-5H3,(H2,14,16)(H,15,17)/t8-/m1/s1. The van der Waals surface area contributed by atoms with E-state index in [1.807, 2.05) is 27.7 Å². The van der Waals surface area contributed by atoms with Crippen molar-refractivity contribution in [1.82, 2.24) is 5.32 Å². The van der Waals surface area contributed by atoms with Crippen LogP contribution in [0.5, 0.6) is 0 Å². The van der Waals surface area contributed by atoms with Crippen LogP contribution in [0, 0.1) is 0 Å². The van der Waals surface area contributed by atoms with E-state index in [-0.39, 0.29) is 12.3 Å². The van der Waals surface area contributed by atoms with E-state index in [0.717, 1.165) is 0 Å². The number of hydrogen-bond donors (Lipinski definition) is 2. The predicted molar refractivity (Wildman–Crippen MR) is 72.1 cm³/mol. The Kier molecular flexibility index (Phi) is 4.63. The Morgan fingerprint density at radius 2 is 1.68 bits per heavy atom. The van der Waals surface area contributed by atoms with Gasteiger partial charge in [0.15, 0.2) is 0 Å². The second-order valence-corrected chi connectivity index (χ2v) is 5.82. The fourth-order valence-electron chi connectivity index (χ4n) is 1.79. The van der Waals surface area contributed by atoms with E-state index in [0.29, 0.717) is 6.42 Å². The maximum absolute atomic E-state index is 11.5. The van der Waals surface area contributed by atoms with Gasteiger partial charge in [0.25, 0.3) is 0 Å². The topological polar surface area (TPSA) is 90.7 Å². The molecule has 1 rings (SSSR count). The fourth-order valence-corrected chi connectivity index (χ4v) is 1.79. The minimum absolute atomic E-state index is 0.0113. The number of carbonyl (C=O) groups excluding carboxylic acids is 2. The molecular formula is C12H23BN2O4. The Labute approximate surface area is 114 Å². The third-order valence-electron chi connectivity index (χ3n) is 3.69. The molecule has 6 nitrogen and oxygen atoms in total. The molecule has 108 valence electrons. The van der Waals surface area contributed by atoms with Crippen LogP contribution in [0.4, 0.5) is 0 Å². The molecule has 0 aromatic carbocycles. The Morgan fingerprint density at radius 3 is 2.05 bits per heavy atom. The summed E-state index contributed by atoms with van der Waals surface area (Å²) < 4.78 is 11.7. The molecule has 0 aromatic rings. The van der Waals surface area contributed by atoms with Crippen LogP contribution in [0.3, 0.4) is 0 Å². The van der Waals surface area contributed by atoms with Crippen molar-refractivity contribution in [3.8, 4) is 0 Å². The van der Waals surface area contributed by atoms with E-state index < -0.39 is 30.2 Å². The number of nitrogens with one attached hydrogen (secondary N) is 1. The van der Waals surface area contributed by atoms with Crippen molar-refractivity contribution in [2.24, 2.45) is 5.73 Å². The summed E-state index contributed by atoms with van der Waals surface area (Å²) in [6.07, 6.45) is 0.317. The largest absolute Gasteiger partial charge is 0.482 e. The van der Waals surface area contributed by atoms with E-state index in [2.05, 4.69) is 5.32 Å². The van der Waals surface area contributed by atoms with Crippen LogP contribution in [-0.4, -0.2) is 36.1 Å². The first-order chi connectivity index (χ1) is 8.59. The molecule has 0 radical (unpaired) electrons. The van der Waals surface area contributed by atoms with Crippen molar-refractivity contribution in [2.45, 2.75) is 64.6 Å². The average molecular weight is 270 g/mol. The zero-order chi connectivity index (χ0) is 14.8. The van der Waals surface area contributed by atoms with Crippen LogP contribution in [0.1, 0.15) is 47.5 Å². The zero-order valence-corrected chi connectivity index (χ0v) is 12.3. The Bertz CT molecular complexity index is 355. The maximum atomic E-state index is 11.5. The van der Waals surface area contributed by atoms with Crippen LogP contribution < -0.4 is 11.1 Å². The van der Waals surface area contributed by atoms with Crippen LogP contribution in [-0.2, 0) is 18.9 Å². The minimum Gasteiger partial charge on any atom is -0.402 e. The van der Waals surface area contributed by atoms with Gasteiger partial charge in [-0.1, -0.05) is 6.92 Å². The SMILES string of the molecule is CCC(=O)N[C@H](CC(N)=O)B1OC(C)(C)C(C)(C)O1. The van der Waals surface area contributed by atoms with Crippen molar-refractivity contribution in [3.05, 3.63) is 0 Å². The summed E-state index contributed by atoms with van der Waals surface area (Å²) in [6.45, 7) is 9.39. The molecule has 0 aliphatic carbocycles. The average Bonchev–Trinajstić information content (AvgIpc) is 2.46. The summed E-state index contributed by atoms with van der Waals surface area (Å²) in [7, 11) is -0.673. The summed E-state index contributed by atoms with van der Waals surface area (Å²) in [5, 5.41) is 2.73. The quantitative estimate of drug-likeness (QED) is 0.707. The molecule has 0 saturated carbocycles. The molecule has 1 atom stereocenters. The van der Waals surface area contributed by atoms with E-state index in [1.54, 1.807) is 6.92 Å². The molecule has 1 fully saturated rings. The molecule has 2 amide bonds. The van der Waals surface area contributed by atoms with Crippen LogP contribution in [0.2, 0.25) is 0 Å². The highest BCUT2D eigenvalue weighted by Crippen LogP contribution is 2.37. The third-order valence-corrected chi connectivity index (χ3v) is 3.69. The smallest absolute Gasteiger partial charge is 0.402 e. The maximum Gasteiger partial charge on any atom is 0.482 e. The van der Waals surface area contributed by atoms with Crippen LogP contribution in [0.25, 0.3) is 0 Å². The molecule has 1 aliphatic heterocycles. The van der Waals surface area contributed by atoms with E-state index in [4.69, 9.17) is 15.0 Å². The normalized spacial score (nSPS) is 22.1. The van der Waals surface area contributed by atoms with Gasteiger partial charge in [0.05, 0.1) is 17.1 Å². The van der Waals surface area contributed by atoms with Crippen LogP contribution in [0.15, 0.2) is 0 Å². The molecule has 1 saturated heterocycles.